The van der Waals surface area contributed by atoms with E-state index in [9.17, 15) is 5.26 Å². The minimum atomic E-state index is 0.617. The van der Waals surface area contributed by atoms with Crippen LogP contribution in [0.4, 0.5) is 0 Å². The maximum absolute atomic E-state index is 9.35. The average molecular weight is 432 g/mol. The van der Waals surface area contributed by atoms with Gasteiger partial charge in [0.1, 0.15) is 18.2 Å². The lowest BCUT2D eigenvalue weighted by atomic mass is 9.91. The Bertz CT molecular complexity index is 1610. The Morgan fingerprint density at radius 3 is 2.52 bits per heavy atom. The molecule has 1 fully saturated rings. The van der Waals surface area contributed by atoms with Crippen LogP contribution in [0.5, 0.6) is 0 Å². The number of nitriles is 1. The Morgan fingerprint density at radius 2 is 1.73 bits per heavy atom. The van der Waals surface area contributed by atoms with Gasteiger partial charge < -0.3 is 4.42 Å². The van der Waals surface area contributed by atoms with Crippen LogP contribution in [0.2, 0.25) is 0 Å². The summed E-state index contributed by atoms with van der Waals surface area (Å²) in [5.74, 6) is 0.698. The van der Waals surface area contributed by atoms with Crippen LogP contribution >= 0.6 is 0 Å². The number of benzene rings is 3. The molecule has 6 rings (SSSR count). The van der Waals surface area contributed by atoms with Crippen molar-refractivity contribution in [2.45, 2.75) is 45.4 Å². The number of aryl methyl sites for hydroxylation is 2. The van der Waals surface area contributed by atoms with Crippen LogP contribution in [-0.2, 0) is 7.05 Å². The molecule has 3 aromatic carbocycles. The summed E-state index contributed by atoms with van der Waals surface area (Å²) in [5, 5.41) is 14.0. The summed E-state index contributed by atoms with van der Waals surface area (Å²) in [6, 6.07) is 19.4. The molecule has 0 aliphatic heterocycles. The first kappa shape index (κ1) is 20.0. The fourth-order valence-electron chi connectivity index (χ4n) is 5.71. The molecule has 0 bridgehead atoms. The Morgan fingerprint density at radius 1 is 0.939 bits per heavy atom. The van der Waals surface area contributed by atoms with E-state index in [0.29, 0.717) is 11.5 Å². The Balaban J connectivity index is 1.67. The van der Waals surface area contributed by atoms with Crippen molar-refractivity contribution in [3.05, 3.63) is 77.0 Å². The normalized spacial score (nSPS) is 14.5. The second-order valence-electron chi connectivity index (χ2n) is 9.60. The minimum Gasteiger partial charge on any atom is -0.455 e. The van der Waals surface area contributed by atoms with Crippen LogP contribution in [-0.4, -0.2) is 0 Å². The Hall–Kier alpha value is -3.64. The first-order chi connectivity index (χ1) is 16.0. The summed E-state index contributed by atoms with van der Waals surface area (Å²) in [6.45, 7) is 4.35. The van der Waals surface area contributed by atoms with Crippen molar-refractivity contribution in [2.75, 3.05) is 0 Å². The highest BCUT2D eigenvalue weighted by molar-refractivity contribution is 6.12. The van der Waals surface area contributed by atoms with Gasteiger partial charge in [-0.25, -0.2) is 4.57 Å². The number of fused-ring (bicyclic) bond motifs is 4. The molecule has 162 valence electrons. The van der Waals surface area contributed by atoms with E-state index in [0.717, 1.165) is 27.5 Å². The number of hydrogen-bond donors (Lipinski definition) is 0. The second-order valence-corrected chi connectivity index (χ2v) is 9.60. The van der Waals surface area contributed by atoms with E-state index in [-0.39, 0.29) is 0 Å². The van der Waals surface area contributed by atoms with E-state index in [2.05, 4.69) is 68.1 Å². The molecular weight excluding hydrogens is 404 g/mol. The van der Waals surface area contributed by atoms with Gasteiger partial charge in [-0.3, -0.25) is 0 Å². The molecule has 0 amide bonds. The van der Waals surface area contributed by atoms with Gasteiger partial charge in [-0.1, -0.05) is 25.0 Å². The van der Waals surface area contributed by atoms with Crippen LogP contribution in [0, 0.1) is 25.2 Å². The van der Waals surface area contributed by atoms with Crippen molar-refractivity contribution in [1.29, 1.82) is 5.26 Å². The van der Waals surface area contributed by atoms with E-state index in [1.165, 1.54) is 58.8 Å². The monoisotopic (exact) mass is 431 g/mol. The average Bonchev–Trinajstić information content (AvgIpc) is 3.48. The van der Waals surface area contributed by atoms with Crippen LogP contribution in [0.1, 0.15) is 53.9 Å². The number of nitrogens with zero attached hydrogens (tertiary/aromatic N) is 2. The van der Waals surface area contributed by atoms with E-state index in [1.807, 2.05) is 18.2 Å². The van der Waals surface area contributed by atoms with Gasteiger partial charge in [0.05, 0.1) is 22.6 Å². The fourth-order valence-corrected chi connectivity index (χ4v) is 5.71. The molecule has 5 aromatic rings. The molecule has 0 radical (unpaired) electrons. The maximum Gasteiger partial charge on any atom is 0.224 e. The first-order valence-corrected chi connectivity index (χ1v) is 11.8. The van der Waals surface area contributed by atoms with Crippen molar-refractivity contribution in [3.63, 3.8) is 0 Å². The fraction of sp³-hybridized carbons (Fsp3) is 0.267. The Labute approximate surface area is 193 Å². The summed E-state index contributed by atoms with van der Waals surface area (Å²) in [5.41, 5.74) is 8.53. The lowest BCUT2D eigenvalue weighted by Crippen LogP contribution is -2.31. The minimum absolute atomic E-state index is 0.617. The van der Waals surface area contributed by atoms with Gasteiger partial charge in [0.25, 0.3) is 0 Å². The van der Waals surface area contributed by atoms with Crippen molar-refractivity contribution in [2.24, 2.45) is 7.05 Å². The first-order valence-electron chi connectivity index (χ1n) is 11.8. The molecule has 33 heavy (non-hydrogen) atoms. The molecule has 3 nitrogen and oxygen atoms in total. The van der Waals surface area contributed by atoms with Gasteiger partial charge in [-0.2, -0.15) is 5.26 Å². The predicted molar refractivity (Wildman–Crippen MR) is 133 cm³/mol. The van der Waals surface area contributed by atoms with Gasteiger partial charge in [0, 0.05) is 16.8 Å². The zero-order chi connectivity index (χ0) is 22.7. The summed E-state index contributed by atoms with van der Waals surface area (Å²) in [7, 11) is 2.11. The van der Waals surface area contributed by atoms with Crippen molar-refractivity contribution in [1.82, 2.24) is 0 Å². The third kappa shape index (κ3) is 3.05. The highest BCUT2D eigenvalue weighted by atomic mass is 16.3. The zero-order valence-corrected chi connectivity index (χ0v) is 19.4. The quantitative estimate of drug-likeness (QED) is 0.274. The molecule has 1 saturated carbocycles. The van der Waals surface area contributed by atoms with E-state index < -0.39 is 0 Å². The SMILES string of the molecule is Cc1cc2c(oc3cc(C#N)ccc32)c(-c2c3ccc(C4CCCC4)cc3cc[n+]2C)c1C. The van der Waals surface area contributed by atoms with Gasteiger partial charge >= 0.3 is 0 Å². The predicted octanol–water partition coefficient (Wildman–Crippen LogP) is 7.38. The second kappa shape index (κ2) is 7.46. The van der Waals surface area contributed by atoms with Crippen molar-refractivity contribution in [3.8, 4) is 17.3 Å². The molecule has 0 N–H and O–H groups in total. The summed E-state index contributed by atoms with van der Waals surface area (Å²) in [6.07, 6.45) is 7.47. The standard InChI is InChI=1S/C30H27N2O/c1-18-14-26-25-10-8-20(17-31)15-27(25)33-30(26)28(19(18)2)29-24-11-9-22(21-6-4-5-7-21)16-23(24)12-13-32(29)3/h8-16,21H,4-7H2,1-3H3/q+1. The van der Waals surface area contributed by atoms with Gasteiger partial charge in [0.2, 0.25) is 5.69 Å². The molecule has 0 atom stereocenters. The largest absolute Gasteiger partial charge is 0.455 e. The number of hydrogen-bond acceptors (Lipinski definition) is 2. The molecule has 2 aromatic heterocycles. The van der Waals surface area contributed by atoms with Crippen LogP contribution < -0.4 is 4.57 Å². The molecule has 1 aliphatic carbocycles. The topological polar surface area (TPSA) is 40.8 Å². The molecule has 1 aliphatic rings. The lowest BCUT2D eigenvalue weighted by molar-refractivity contribution is -0.659. The van der Waals surface area contributed by atoms with Crippen LogP contribution in [0.3, 0.4) is 0 Å². The number of rotatable bonds is 2. The summed E-state index contributed by atoms with van der Waals surface area (Å²) >= 11 is 0. The van der Waals surface area contributed by atoms with Gasteiger partial charge in [-0.15, -0.1) is 0 Å². The van der Waals surface area contributed by atoms with Crippen LogP contribution in [0.25, 0.3) is 44.0 Å². The third-order valence-electron chi connectivity index (χ3n) is 7.64. The van der Waals surface area contributed by atoms with Crippen LogP contribution in [0.15, 0.2) is 59.1 Å². The lowest BCUT2D eigenvalue weighted by Gasteiger charge is -2.13. The molecule has 0 saturated heterocycles. The Kier molecular flexibility index (Phi) is 4.52. The maximum atomic E-state index is 9.35. The molecular formula is C30H27N2O+. The smallest absolute Gasteiger partial charge is 0.224 e. The van der Waals surface area contributed by atoms with Crippen molar-refractivity contribution < 1.29 is 8.98 Å². The van der Waals surface area contributed by atoms with Gasteiger partial charge in [-0.05, 0) is 85.0 Å². The molecule has 0 spiro atoms. The van der Waals surface area contributed by atoms with Crippen molar-refractivity contribution >= 4 is 32.7 Å². The highest BCUT2D eigenvalue weighted by Crippen LogP contribution is 2.41. The molecule has 0 unspecified atom stereocenters. The number of furan rings is 1. The molecule has 3 heteroatoms. The van der Waals surface area contributed by atoms with Gasteiger partial charge in [0.15, 0.2) is 6.20 Å². The summed E-state index contributed by atoms with van der Waals surface area (Å²) < 4.78 is 8.68. The number of aromatic nitrogens is 1. The van der Waals surface area contributed by atoms with E-state index in [1.54, 1.807) is 0 Å². The third-order valence-corrected chi connectivity index (χ3v) is 7.64. The highest BCUT2D eigenvalue weighted by Gasteiger charge is 2.25. The van der Waals surface area contributed by atoms with E-state index in [4.69, 9.17) is 4.42 Å². The molecule has 2 heterocycles. The van der Waals surface area contributed by atoms with E-state index >= 15 is 0 Å². The summed E-state index contributed by atoms with van der Waals surface area (Å²) in [4.78, 5) is 0. The number of pyridine rings is 1. The zero-order valence-electron chi connectivity index (χ0n) is 19.4.